The molecule has 4 heterocycles. The van der Waals surface area contributed by atoms with Crippen LogP contribution in [0, 0.1) is 13.8 Å². The summed E-state index contributed by atoms with van der Waals surface area (Å²) in [6.07, 6.45) is 5.24. The molecule has 32 heavy (non-hydrogen) atoms. The van der Waals surface area contributed by atoms with Crippen molar-refractivity contribution in [3.63, 3.8) is 0 Å². The highest BCUT2D eigenvalue weighted by molar-refractivity contribution is 6.05. The summed E-state index contributed by atoms with van der Waals surface area (Å²) >= 11 is 0. The van der Waals surface area contributed by atoms with Crippen LogP contribution in [0.5, 0.6) is 0 Å². The molecule has 0 atom stereocenters. The number of nitrogens with zero attached hydrogens (tertiary/aromatic N) is 7. The molecule has 0 saturated carbocycles. The SMILES string of the molecule is Cc1ccc(Cn2ncc3c(C(=O)N4CCN(c5ncccn5)CC4)cc(C)nc32)cc1. The molecule has 0 N–H and O–H groups in total. The maximum atomic E-state index is 13.4. The first kappa shape index (κ1) is 20.1. The third-order valence-electron chi connectivity index (χ3n) is 5.82. The summed E-state index contributed by atoms with van der Waals surface area (Å²) in [4.78, 5) is 30.8. The first-order valence-electron chi connectivity index (χ1n) is 10.8. The molecular formula is C24H25N7O. The number of amides is 1. The summed E-state index contributed by atoms with van der Waals surface area (Å²) in [5.41, 5.74) is 4.58. The van der Waals surface area contributed by atoms with E-state index in [4.69, 9.17) is 4.98 Å². The van der Waals surface area contributed by atoms with E-state index in [-0.39, 0.29) is 5.91 Å². The minimum atomic E-state index is 0.0176. The highest BCUT2D eigenvalue weighted by Gasteiger charge is 2.25. The Labute approximate surface area is 186 Å². The highest BCUT2D eigenvalue weighted by atomic mass is 16.2. The van der Waals surface area contributed by atoms with Crippen molar-refractivity contribution in [2.24, 2.45) is 0 Å². The molecule has 1 amide bonds. The van der Waals surface area contributed by atoms with Gasteiger partial charge in [0.05, 0.1) is 23.7 Å². The van der Waals surface area contributed by atoms with Crippen LogP contribution in [0.1, 0.15) is 27.2 Å². The van der Waals surface area contributed by atoms with E-state index < -0.39 is 0 Å². The maximum Gasteiger partial charge on any atom is 0.254 e. The molecule has 0 aliphatic carbocycles. The predicted molar refractivity (Wildman–Crippen MR) is 123 cm³/mol. The Kier molecular flexibility index (Phi) is 5.26. The number of piperazine rings is 1. The Morgan fingerprint density at radius 3 is 2.44 bits per heavy atom. The summed E-state index contributed by atoms with van der Waals surface area (Å²) in [6.45, 7) is 7.26. The molecule has 1 aromatic carbocycles. The van der Waals surface area contributed by atoms with Crippen molar-refractivity contribution < 1.29 is 4.79 Å². The number of carbonyl (C=O) groups is 1. The lowest BCUT2D eigenvalue weighted by Gasteiger charge is -2.34. The zero-order valence-electron chi connectivity index (χ0n) is 18.3. The molecule has 5 rings (SSSR count). The molecule has 0 unspecified atom stereocenters. The summed E-state index contributed by atoms with van der Waals surface area (Å²) in [7, 11) is 0. The first-order valence-corrected chi connectivity index (χ1v) is 10.8. The summed E-state index contributed by atoms with van der Waals surface area (Å²) < 4.78 is 1.87. The van der Waals surface area contributed by atoms with Crippen LogP contribution in [0.25, 0.3) is 11.0 Å². The van der Waals surface area contributed by atoms with Gasteiger partial charge in [-0.05, 0) is 31.5 Å². The number of aromatic nitrogens is 5. The predicted octanol–water partition coefficient (Wildman–Crippen LogP) is 2.85. The molecular weight excluding hydrogens is 402 g/mol. The van der Waals surface area contributed by atoms with Gasteiger partial charge in [0.2, 0.25) is 5.95 Å². The largest absolute Gasteiger partial charge is 0.337 e. The van der Waals surface area contributed by atoms with E-state index in [0.29, 0.717) is 44.2 Å². The third-order valence-corrected chi connectivity index (χ3v) is 5.82. The lowest BCUT2D eigenvalue weighted by atomic mass is 10.1. The van der Waals surface area contributed by atoms with E-state index >= 15 is 0 Å². The Balaban J connectivity index is 1.37. The Bertz CT molecular complexity index is 1240. The van der Waals surface area contributed by atoms with Crippen molar-refractivity contribution in [2.45, 2.75) is 20.4 Å². The van der Waals surface area contributed by atoms with E-state index in [2.05, 4.69) is 51.2 Å². The summed E-state index contributed by atoms with van der Waals surface area (Å²) in [5.74, 6) is 0.725. The van der Waals surface area contributed by atoms with Gasteiger partial charge >= 0.3 is 0 Å². The van der Waals surface area contributed by atoms with Gasteiger partial charge in [-0.2, -0.15) is 5.10 Å². The molecule has 0 radical (unpaired) electrons. The average molecular weight is 428 g/mol. The number of carbonyl (C=O) groups excluding carboxylic acids is 1. The number of hydrogen-bond donors (Lipinski definition) is 0. The van der Waals surface area contributed by atoms with Crippen LogP contribution in [-0.4, -0.2) is 61.7 Å². The fraction of sp³-hybridized carbons (Fsp3) is 0.292. The second kappa shape index (κ2) is 8.37. The number of hydrogen-bond acceptors (Lipinski definition) is 6. The summed E-state index contributed by atoms with van der Waals surface area (Å²) in [6, 6.07) is 12.1. The quantitative estimate of drug-likeness (QED) is 0.498. The van der Waals surface area contributed by atoms with Crippen LogP contribution in [0.4, 0.5) is 5.95 Å². The molecule has 8 nitrogen and oxygen atoms in total. The fourth-order valence-electron chi connectivity index (χ4n) is 4.07. The number of rotatable bonds is 4. The van der Waals surface area contributed by atoms with Gasteiger partial charge in [-0.1, -0.05) is 29.8 Å². The number of anilines is 1. The molecule has 1 aliphatic heterocycles. The van der Waals surface area contributed by atoms with Crippen LogP contribution < -0.4 is 4.90 Å². The van der Waals surface area contributed by atoms with Crippen LogP contribution in [-0.2, 0) is 6.54 Å². The van der Waals surface area contributed by atoms with Crippen molar-refractivity contribution in [3.05, 3.63) is 77.4 Å². The van der Waals surface area contributed by atoms with E-state index in [1.54, 1.807) is 24.7 Å². The number of benzene rings is 1. The molecule has 4 aromatic rings. The Hall–Kier alpha value is -3.81. The highest BCUT2D eigenvalue weighted by Crippen LogP contribution is 2.22. The van der Waals surface area contributed by atoms with Crippen LogP contribution >= 0.6 is 0 Å². The van der Waals surface area contributed by atoms with Gasteiger partial charge in [0, 0.05) is 44.3 Å². The van der Waals surface area contributed by atoms with Gasteiger partial charge < -0.3 is 9.80 Å². The molecule has 162 valence electrons. The molecule has 3 aromatic heterocycles. The Morgan fingerprint density at radius 2 is 1.72 bits per heavy atom. The van der Waals surface area contributed by atoms with Crippen LogP contribution in [0.3, 0.4) is 0 Å². The Morgan fingerprint density at radius 1 is 1.00 bits per heavy atom. The van der Waals surface area contributed by atoms with Gasteiger partial charge in [0.1, 0.15) is 0 Å². The molecule has 0 bridgehead atoms. The van der Waals surface area contributed by atoms with Crippen LogP contribution in [0.15, 0.2) is 55.0 Å². The minimum Gasteiger partial charge on any atom is -0.337 e. The standard InChI is InChI=1S/C24H25N7O/c1-17-4-6-19(7-5-17)16-31-22-21(15-27-31)20(14-18(2)28-22)23(32)29-10-12-30(13-11-29)24-25-8-3-9-26-24/h3-9,14-15H,10-13,16H2,1-2H3. The monoisotopic (exact) mass is 427 g/mol. The lowest BCUT2D eigenvalue weighted by Crippen LogP contribution is -2.49. The third kappa shape index (κ3) is 3.91. The van der Waals surface area contributed by atoms with Gasteiger partial charge in [0.25, 0.3) is 5.91 Å². The van der Waals surface area contributed by atoms with Gasteiger partial charge in [-0.15, -0.1) is 0 Å². The zero-order chi connectivity index (χ0) is 22.1. The van der Waals surface area contributed by atoms with Gasteiger partial charge in [0.15, 0.2) is 5.65 Å². The average Bonchev–Trinajstić information content (AvgIpc) is 3.22. The lowest BCUT2D eigenvalue weighted by molar-refractivity contribution is 0.0748. The van der Waals surface area contributed by atoms with E-state index in [1.807, 2.05) is 22.6 Å². The normalized spacial score (nSPS) is 14.2. The molecule has 0 spiro atoms. The second-order valence-corrected chi connectivity index (χ2v) is 8.16. The second-order valence-electron chi connectivity index (χ2n) is 8.16. The van der Waals surface area contributed by atoms with Crippen molar-refractivity contribution in [3.8, 4) is 0 Å². The fourth-order valence-corrected chi connectivity index (χ4v) is 4.07. The minimum absolute atomic E-state index is 0.0176. The molecule has 8 heteroatoms. The summed E-state index contributed by atoms with van der Waals surface area (Å²) in [5, 5.41) is 5.35. The van der Waals surface area contributed by atoms with E-state index in [9.17, 15) is 4.79 Å². The number of aryl methyl sites for hydroxylation is 2. The van der Waals surface area contributed by atoms with Crippen molar-refractivity contribution in [2.75, 3.05) is 31.1 Å². The van der Waals surface area contributed by atoms with Crippen molar-refractivity contribution in [1.29, 1.82) is 0 Å². The van der Waals surface area contributed by atoms with E-state index in [1.165, 1.54) is 5.56 Å². The van der Waals surface area contributed by atoms with Gasteiger partial charge in [-0.25, -0.2) is 19.6 Å². The first-order chi connectivity index (χ1) is 15.6. The van der Waals surface area contributed by atoms with Crippen molar-refractivity contribution >= 4 is 22.9 Å². The molecule has 1 saturated heterocycles. The number of fused-ring (bicyclic) bond motifs is 1. The zero-order valence-corrected chi connectivity index (χ0v) is 18.3. The molecule has 1 aliphatic rings. The smallest absolute Gasteiger partial charge is 0.254 e. The van der Waals surface area contributed by atoms with Crippen LogP contribution in [0.2, 0.25) is 0 Å². The van der Waals surface area contributed by atoms with Crippen molar-refractivity contribution in [1.82, 2.24) is 29.6 Å². The topological polar surface area (TPSA) is 80.0 Å². The maximum absolute atomic E-state index is 13.4. The molecule has 1 fully saturated rings. The van der Waals surface area contributed by atoms with Gasteiger partial charge in [-0.3, -0.25) is 4.79 Å². The van der Waals surface area contributed by atoms with E-state index in [0.717, 1.165) is 22.3 Å². The number of pyridine rings is 1.